The second-order valence-electron chi connectivity index (χ2n) is 5.32. The molecular weight excluding hydrogens is 384 g/mol. The summed E-state index contributed by atoms with van der Waals surface area (Å²) < 4.78 is 31.7. The van der Waals surface area contributed by atoms with Crippen LogP contribution in [0.1, 0.15) is 17.2 Å². The van der Waals surface area contributed by atoms with Gasteiger partial charge in [-0.25, -0.2) is 4.68 Å². The average molecular weight is 394 g/mol. The number of nitrogens with zero attached hydrogens (tertiary/aromatic N) is 5. The van der Waals surface area contributed by atoms with Crippen LogP contribution >= 0.6 is 22.9 Å². The fourth-order valence-electron chi connectivity index (χ4n) is 2.29. The van der Waals surface area contributed by atoms with Crippen molar-refractivity contribution in [2.75, 3.05) is 0 Å². The van der Waals surface area contributed by atoms with Gasteiger partial charge in [-0.1, -0.05) is 28.9 Å². The van der Waals surface area contributed by atoms with Crippen LogP contribution in [-0.4, -0.2) is 25.2 Å². The normalized spacial score (nSPS) is 11.4. The first-order valence-corrected chi connectivity index (χ1v) is 8.64. The van der Waals surface area contributed by atoms with Gasteiger partial charge in [-0.15, -0.1) is 26.6 Å². The van der Waals surface area contributed by atoms with Gasteiger partial charge in [0.25, 0.3) is 11.8 Å². The van der Waals surface area contributed by atoms with Gasteiger partial charge in [-0.3, -0.25) is 0 Å². The third-order valence-corrected chi connectivity index (χ3v) is 4.81. The average Bonchev–Trinajstić information content (AvgIpc) is 3.36. The minimum atomic E-state index is -2.78. The quantitative estimate of drug-likeness (QED) is 0.491. The second-order valence-corrected chi connectivity index (χ2v) is 6.93. The maximum atomic E-state index is 12.5. The number of hydrogen-bond donors (Lipinski definition) is 0. The van der Waals surface area contributed by atoms with Crippen molar-refractivity contribution in [2.24, 2.45) is 0 Å². The van der Waals surface area contributed by atoms with E-state index in [9.17, 15) is 8.78 Å². The summed E-state index contributed by atoms with van der Waals surface area (Å²) >= 11 is 7.25. The second kappa shape index (κ2) is 6.93. The van der Waals surface area contributed by atoms with Crippen molar-refractivity contribution in [1.82, 2.24) is 25.2 Å². The third-order valence-electron chi connectivity index (χ3n) is 3.50. The van der Waals surface area contributed by atoms with Gasteiger partial charge < -0.3 is 4.42 Å². The first-order chi connectivity index (χ1) is 12.6. The van der Waals surface area contributed by atoms with Gasteiger partial charge in [0.15, 0.2) is 0 Å². The Kier molecular flexibility index (Phi) is 4.48. The van der Waals surface area contributed by atoms with E-state index < -0.39 is 12.3 Å². The van der Waals surface area contributed by atoms with Gasteiger partial charge in [0.05, 0.1) is 17.6 Å². The summed E-state index contributed by atoms with van der Waals surface area (Å²) in [6.07, 6.45) is -0.957. The van der Waals surface area contributed by atoms with Crippen molar-refractivity contribution >= 4 is 22.9 Å². The van der Waals surface area contributed by atoms with E-state index in [-0.39, 0.29) is 5.89 Å². The summed E-state index contributed by atoms with van der Waals surface area (Å²) in [5.41, 5.74) is 1.65. The maximum absolute atomic E-state index is 12.5. The molecule has 3 heterocycles. The zero-order valence-corrected chi connectivity index (χ0v) is 14.6. The zero-order chi connectivity index (χ0) is 18.1. The van der Waals surface area contributed by atoms with E-state index in [2.05, 4.69) is 20.5 Å². The Morgan fingerprint density at radius 2 is 1.88 bits per heavy atom. The van der Waals surface area contributed by atoms with E-state index in [4.69, 9.17) is 16.0 Å². The Morgan fingerprint density at radius 1 is 1.08 bits per heavy atom. The topological polar surface area (TPSA) is 69.6 Å². The molecule has 6 nitrogen and oxygen atoms in total. The molecule has 0 fully saturated rings. The van der Waals surface area contributed by atoms with Crippen molar-refractivity contribution in [3.8, 4) is 22.0 Å². The summed E-state index contributed by atoms with van der Waals surface area (Å²) in [6, 6.07) is 10.9. The molecule has 0 N–H and O–H groups in total. The van der Waals surface area contributed by atoms with Crippen molar-refractivity contribution in [3.05, 3.63) is 58.4 Å². The van der Waals surface area contributed by atoms with Gasteiger partial charge >= 0.3 is 6.43 Å². The number of aromatic nitrogens is 5. The molecule has 0 aliphatic carbocycles. The van der Waals surface area contributed by atoms with Crippen LogP contribution < -0.4 is 0 Å². The molecular formula is C16H10ClF2N5OS. The highest BCUT2D eigenvalue weighted by Gasteiger charge is 2.18. The van der Waals surface area contributed by atoms with Crippen LogP contribution in [0.5, 0.6) is 0 Å². The summed E-state index contributed by atoms with van der Waals surface area (Å²) in [5.74, 6) is -0.601. The van der Waals surface area contributed by atoms with Crippen molar-refractivity contribution in [3.63, 3.8) is 0 Å². The summed E-state index contributed by atoms with van der Waals surface area (Å²) in [5, 5.41) is 15.9. The standard InChI is InChI=1S/C16H10ClF2N5OS/c17-10-3-1-9(2-4-10)12-8-24(23-20-12)7-11-5-6-13(26-11)15-21-22-16(25-15)14(18)19/h1-6,8,14H,7H2. The van der Waals surface area contributed by atoms with Crippen molar-refractivity contribution in [1.29, 1.82) is 0 Å². The van der Waals surface area contributed by atoms with Crippen molar-refractivity contribution in [2.45, 2.75) is 13.0 Å². The zero-order valence-electron chi connectivity index (χ0n) is 13.0. The maximum Gasteiger partial charge on any atom is 0.314 e. The predicted octanol–water partition coefficient (Wildman–Crippen LogP) is 4.70. The van der Waals surface area contributed by atoms with Crippen LogP contribution in [0.15, 0.2) is 47.0 Å². The van der Waals surface area contributed by atoms with Crippen LogP contribution in [-0.2, 0) is 6.54 Å². The lowest BCUT2D eigenvalue weighted by molar-refractivity contribution is 0.116. The molecule has 0 spiro atoms. The number of alkyl halides is 2. The number of hydrogen-bond acceptors (Lipinski definition) is 6. The monoisotopic (exact) mass is 393 g/mol. The smallest absolute Gasteiger partial charge is 0.314 e. The summed E-state index contributed by atoms with van der Waals surface area (Å²) in [7, 11) is 0. The minimum Gasteiger partial charge on any atom is -0.414 e. The van der Waals surface area contributed by atoms with Crippen LogP contribution in [0, 0.1) is 0 Å². The Bertz CT molecular complexity index is 1030. The largest absolute Gasteiger partial charge is 0.414 e. The molecule has 26 heavy (non-hydrogen) atoms. The SMILES string of the molecule is FC(F)c1nnc(-c2ccc(Cn3cc(-c4ccc(Cl)cc4)nn3)s2)o1. The lowest BCUT2D eigenvalue weighted by Crippen LogP contribution is -1.97. The third kappa shape index (κ3) is 3.49. The number of rotatable bonds is 5. The molecule has 0 aliphatic heterocycles. The molecule has 0 radical (unpaired) electrons. The van der Waals surface area contributed by atoms with Crippen LogP contribution in [0.2, 0.25) is 5.02 Å². The van der Waals surface area contributed by atoms with Crippen LogP contribution in [0.25, 0.3) is 22.0 Å². The molecule has 1 aromatic carbocycles. The molecule has 0 saturated heterocycles. The van der Waals surface area contributed by atoms with Crippen LogP contribution in [0.4, 0.5) is 8.78 Å². The first kappa shape index (κ1) is 16.8. The molecule has 0 bridgehead atoms. The lowest BCUT2D eigenvalue weighted by Gasteiger charge is -1.96. The fraction of sp³-hybridized carbons (Fsp3) is 0.125. The molecule has 0 amide bonds. The van der Waals surface area contributed by atoms with E-state index in [0.29, 0.717) is 16.4 Å². The van der Waals surface area contributed by atoms with E-state index in [1.165, 1.54) is 11.3 Å². The summed E-state index contributed by atoms with van der Waals surface area (Å²) in [4.78, 5) is 1.57. The van der Waals surface area contributed by atoms with Gasteiger partial charge in [0, 0.05) is 15.5 Å². The molecule has 4 rings (SSSR count). The van der Waals surface area contributed by atoms with Gasteiger partial charge in [-0.2, -0.15) is 8.78 Å². The number of halogens is 3. The number of benzene rings is 1. The van der Waals surface area contributed by atoms with Crippen molar-refractivity contribution < 1.29 is 13.2 Å². The molecule has 0 saturated carbocycles. The first-order valence-electron chi connectivity index (χ1n) is 7.45. The highest BCUT2D eigenvalue weighted by molar-refractivity contribution is 7.15. The Labute approximate surface area is 155 Å². The summed E-state index contributed by atoms with van der Waals surface area (Å²) in [6.45, 7) is 0.487. The van der Waals surface area contributed by atoms with Crippen LogP contribution in [0.3, 0.4) is 0 Å². The number of thiophene rings is 1. The molecule has 0 unspecified atom stereocenters. The molecule has 132 valence electrons. The minimum absolute atomic E-state index is 0.0805. The molecule has 0 atom stereocenters. The van der Waals surface area contributed by atoms with E-state index >= 15 is 0 Å². The highest BCUT2D eigenvalue weighted by atomic mass is 35.5. The lowest BCUT2D eigenvalue weighted by atomic mass is 10.2. The van der Waals surface area contributed by atoms with E-state index in [1.807, 2.05) is 24.4 Å². The molecule has 10 heteroatoms. The van der Waals surface area contributed by atoms with E-state index in [1.54, 1.807) is 22.9 Å². The van der Waals surface area contributed by atoms with E-state index in [0.717, 1.165) is 16.1 Å². The van der Waals surface area contributed by atoms with Gasteiger partial charge in [-0.05, 0) is 24.3 Å². The van der Waals surface area contributed by atoms with Gasteiger partial charge in [0.1, 0.15) is 5.69 Å². The fourth-order valence-corrected chi connectivity index (χ4v) is 3.34. The Morgan fingerprint density at radius 3 is 2.62 bits per heavy atom. The molecule has 3 aromatic heterocycles. The van der Waals surface area contributed by atoms with Gasteiger partial charge in [0.2, 0.25) is 0 Å². The Balaban J connectivity index is 1.50. The highest BCUT2D eigenvalue weighted by Crippen LogP contribution is 2.29. The Hall–Kier alpha value is -2.65. The molecule has 0 aliphatic rings. The predicted molar refractivity (Wildman–Crippen MR) is 92.1 cm³/mol. The molecule has 4 aromatic rings.